The highest BCUT2D eigenvalue weighted by Crippen LogP contribution is 2.64. The van der Waals surface area contributed by atoms with Crippen molar-refractivity contribution < 1.29 is 4.39 Å². The maximum atomic E-state index is 13.9. The Morgan fingerprint density at radius 3 is 2.85 bits per heavy atom. The van der Waals surface area contributed by atoms with Crippen molar-refractivity contribution >= 4 is 16.6 Å². The van der Waals surface area contributed by atoms with Crippen LogP contribution in [0.4, 0.5) is 10.1 Å². The Labute approximate surface area is 157 Å². The molecule has 27 heavy (non-hydrogen) atoms. The Hall–Kier alpha value is -2.80. The molecule has 2 saturated carbocycles. The normalized spacial score (nSPS) is 30.6. The summed E-state index contributed by atoms with van der Waals surface area (Å²) in [6.45, 7) is 0. The fourth-order valence-corrected chi connectivity index (χ4v) is 6.28. The monoisotopic (exact) mass is 357 g/mol. The molecule has 2 bridgehead atoms. The van der Waals surface area contributed by atoms with E-state index in [0.717, 1.165) is 11.5 Å². The van der Waals surface area contributed by atoms with Crippen molar-refractivity contribution in [3.8, 4) is 6.07 Å². The first-order valence-electron chi connectivity index (χ1n) is 9.80. The molecule has 3 nitrogen and oxygen atoms in total. The fraction of sp³-hybridized carbons (Fsp3) is 0.348. The highest BCUT2D eigenvalue weighted by Gasteiger charge is 2.54. The minimum Gasteiger partial charge on any atom is -0.378 e. The van der Waals surface area contributed by atoms with Gasteiger partial charge in [-0.05, 0) is 84.4 Å². The van der Waals surface area contributed by atoms with Crippen molar-refractivity contribution in [3.05, 3.63) is 65.1 Å². The summed E-state index contributed by atoms with van der Waals surface area (Å²) in [6.07, 6.45) is 5.92. The Morgan fingerprint density at radius 2 is 1.96 bits per heavy atom. The molecule has 0 saturated heterocycles. The molecule has 2 fully saturated rings. The zero-order valence-electron chi connectivity index (χ0n) is 14.9. The van der Waals surface area contributed by atoms with Gasteiger partial charge in [0.05, 0.1) is 11.6 Å². The van der Waals surface area contributed by atoms with Crippen molar-refractivity contribution in [2.45, 2.75) is 31.2 Å². The molecule has 4 heteroatoms. The molecular formula is C23H20FN3. The number of rotatable bonds is 1. The lowest BCUT2D eigenvalue weighted by Gasteiger charge is -2.44. The van der Waals surface area contributed by atoms with Gasteiger partial charge < -0.3 is 10.3 Å². The second-order valence-corrected chi connectivity index (χ2v) is 8.38. The van der Waals surface area contributed by atoms with Gasteiger partial charge in [-0.25, -0.2) is 4.39 Å². The number of nitriles is 1. The van der Waals surface area contributed by atoms with Crippen molar-refractivity contribution in [2.75, 3.05) is 5.32 Å². The van der Waals surface area contributed by atoms with Crippen LogP contribution in [0.2, 0.25) is 0 Å². The molecule has 5 atom stereocenters. The number of hydrogen-bond acceptors (Lipinski definition) is 2. The number of halogens is 1. The molecular weight excluding hydrogens is 337 g/mol. The predicted octanol–water partition coefficient (Wildman–Crippen LogP) is 5.48. The third kappa shape index (κ3) is 2.00. The topological polar surface area (TPSA) is 51.6 Å². The molecule has 0 radical (unpaired) electrons. The summed E-state index contributed by atoms with van der Waals surface area (Å²) >= 11 is 0. The van der Waals surface area contributed by atoms with Crippen LogP contribution in [-0.4, -0.2) is 4.98 Å². The summed E-state index contributed by atoms with van der Waals surface area (Å²) in [5.74, 6) is 2.06. The highest BCUT2D eigenvalue weighted by atomic mass is 19.1. The van der Waals surface area contributed by atoms with Crippen LogP contribution >= 0.6 is 0 Å². The lowest BCUT2D eigenvalue weighted by atomic mass is 9.67. The second-order valence-electron chi connectivity index (χ2n) is 8.38. The van der Waals surface area contributed by atoms with E-state index < -0.39 is 5.82 Å². The first kappa shape index (κ1) is 15.3. The van der Waals surface area contributed by atoms with Gasteiger partial charge in [0, 0.05) is 22.8 Å². The van der Waals surface area contributed by atoms with Crippen LogP contribution in [0.25, 0.3) is 10.9 Å². The number of nitrogens with one attached hydrogen (secondary N) is 2. The molecule has 134 valence electrons. The van der Waals surface area contributed by atoms with E-state index in [2.05, 4.69) is 28.5 Å². The zero-order chi connectivity index (χ0) is 18.1. The van der Waals surface area contributed by atoms with Gasteiger partial charge in [-0.3, -0.25) is 0 Å². The summed E-state index contributed by atoms with van der Waals surface area (Å²) in [7, 11) is 0. The average molecular weight is 357 g/mol. The van der Waals surface area contributed by atoms with Gasteiger partial charge in [0.1, 0.15) is 11.9 Å². The van der Waals surface area contributed by atoms with Gasteiger partial charge in [-0.15, -0.1) is 0 Å². The molecule has 3 aromatic rings. The molecule has 0 amide bonds. The number of nitrogens with zero attached hydrogens (tertiary/aromatic N) is 1. The van der Waals surface area contributed by atoms with E-state index in [0.29, 0.717) is 17.8 Å². The van der Waals surface area contributed by atoms with Gasteiger partial charge in [-0.2, -0.15) is 5.26 Å². The average Bonchev–Trinajstić information content (AvgIpc) is 3.43. The van der Waals surface area contributed by atoms with E-state index in [-0.39, 0.29) is 11.6 Å². The van der Waals surface area contributed by atoms with E-state index in [4.69, 9.17) is 0 Å². The number of hydrogen-bond donors (Lipinski definition) is 2. The van der Waals surface area contributed by atoms with Gasteiger partial charge in [0.15, 0.2) is 0 Å². The number of aromatic amines is 1. The Kier molecular flexibility index (Phi) is 3.03. The molecule has 0 spiro atoms. The van der Waals surface area contributed by atoms with Crippen LogP contribution in [0.1, 0.15) is 47.9 Å². The molecule has 2 aliphatic carbocycles. The minimum absolute atomic E-state index is 0.140. The summed E-state index contributed by atoms with van der Waals surface area (Å²) < 4.78 is 13.9. The first-order chi connectivity index (χ1) is 13.2. The maximum absolute atomic E-state index is 13.9. The van der Waals surface area contributed by atoms with Crippen molar-refractivity contribution in [1.29, 1.82) is 5.26 Å². The Morgan fingerprint density at radius 1 is 1.07 bits per heavy atom. The van der Waals surface area contributed by atoms with Gasteiger partial charge in [0.2, 0.25) is 0 Å². The second kappa shape index (κ2) is 5.36. The number of benzene rings is 2. The van der Waals surface area contributed by atoms with Crippen LogP contribution in [0.15, 0.2) is 42.6 Å². The van der Waals surface area contributed by atoms with Crippen LogP contribution in [-0.2, 0) is 0 Å². The standard InChI is InChI=1S/C23H20FN3/c24-17-4-3-14(10-15(17)11-25)23-21-13-2-1-12(9-13)20(21)22-16-7-8-26-18(16)5-6-19(22)27-23/h3-8,10,12-13,20-21,23,26-27H,1-2,9H2. The number of fused-ring (bicyclic) bond motifs is 9. The molecule has 1 aliphatic heterocycles. The summed E-state index contributed by atoms with van der Waals surface area (Å²) in [4.78, 5) is 3.35. The number of anilines is 1. The number of H-pyrrole nitrogens is 1. The van der Waals surface area contributed by atoms with Crippen molar-refractivity contribution in [2.24, 2.45) is 17.8 Å². The Bertz CT molecular complexity index is 1110. The molecule has 2 N–H and O–H groups in total. The number of aromatic nitrogens is 1. The first-order valence-corrected chi connectivity index (χ1v) is 9.80. The van der Waals surface area contributed by atoms with Crippen molar-refractivity contribution in [3.63, 3.8) is 0 Å². The van der Waals surface area contributed by atoms with Gasteiger partial charge >= 0.3 is 0 Å². The van der Waals surface area contributed by atoms with Crippen LogP contribution in [0, 0.1) is 34.9 Å². The maximum Gasteiger partial charge on any atom is 0.140 e. The Balaban J connectivity index is 1.55. The highest BCUT2D eigenvalue weighted by molar-refractivity contribution is 5.89. The predicted molar refractivity (Wildman–Crippen MR) is 103 cm³/mol. The smallest absolute Gasteiger partial charge is 0.140 e. The summed E-state index contributed by atoms with van der Waals surface area (Å²) in [5, 5.41) is 14.4. The van der Waals surface area contributed by atoms with Crippen molar-refractivity contribution in [1.82, 2.24) is 4.98 Å². The summed E-state index contributed by atoms with van der Waals surface area (Å²) in [6, 6.07) is 13.7. The summed E-state index contributed by atoms with van der Waals surface area (Å²) in [5.41, 5.74) is 5.04. The van der Waals surface area contributed by atoms with E-state index in [1.54, 1.807) is 6.07 Å². The fourth-order valence-electron chi connectivity index (χ4n) is 6.28. The van der Waals surface area contributed by atoms with Gasteiger partial charge in [0.25, 0.3) is 0 Å². The molecule has 3 aliphatic rings. The molecule has 2 aromatic carbocycles. The van der Waals surface area contributed by atoms with Crippen LogP contribution < -0.4 is 5.32 Å². The lowest BCUT2D eigenvalue weighted by molar-refractivity contribution is 0.249. The zero-order valence-corrected chi connectivity index (χ0v) is 14.9. The largest absolute Gasteiger partial charge is 0.378 e. The van der Waals surface area contributed by atoms with Crippen LogP contribution in [0.5, 0.6) is 0 Å². The lowest BCUT2D eigenvalue weighted by Crippen LogP contribution is -2.35. The molecule has 2 heterocycles. The van der Waals surface area contributed by atoms with E-state index in [1.807, 2.05) is 18.3 Å². The third-order valence-corrected chi connectivity index (χ3v) is 7.26. The quantitative estimate of drug-likeness (QED) is 0.606. The van der Waals surface area contributed by atoms with Gasteiger partial charge in [-0.1, -0.05) is 6.07 Å². The van der Waals surface area contributed by atoms with E-state index in [1.165, 1.54) is 47.5 Å². The molecule has 5 unspecified atom stereocenters. The molecule has 6 rings (SSSR count). The van der Waals surface area contributed by atoms with E-state index >= 15 is 0 Å². The minimum atomic E-state index is -0.434. The third-order valence-electron chi connectivity index (χ3n) is 7.26. The van der Waals surface area contributed by atoms with Crippen LogP contribution in [0.3, 0.4) is 0 Å². The molecule has 1 aromatic heterocycles. The van der Waals surface area contributed by atoms with E-state index in [9.17, 15) is 9.65 Å². The SMILES string of the molecule is N#Cc1cc(C2Nc3ccc4[nH]ccc4c3C3C4CCC(C4)C23)ccc1F.